The first-order chi connectivity index (χ1) is 18.6. The van der Waals surface area contributed by atoms with Crippen LogP contribution in [0.5, 0.6) is 11.5 Å². The Kier molecular flexibility index (Phi) is 6.65. The highest BCUT2D eigenvalue weighted by molar-refractivity contribution is 5.93. The number of carbonyl (C=O) groups is 1. The van der Waals surface area contributed by atoms with E-state index in [9.17, 15) is 9.90 Å². The molecule has 4 aromatic carbocycles. The maximum atomic E-state index is 11.6. The van der Waals surface area contributed by atoms with Crippen molar-refractivity contribution < 1.29 is 14.6 Å². The summed E-state index contributed by atoms with van der Waals surface area (Å²) in [6.45, 7) is 0. The fourth-order valence-electron chi connectivity index (χ4n) is 5.50. The number of hydrogen-bond donors (Lipinski definition) is 1. The predicted octanol–water partition coefficient (Wildman–Crippen LogP) is 8.29. The summed E-state index contributed by atoms with van der Waals surface area (Å²) in [5.41, 5.74) is 5.44. The molecule has 0 aliphatic heterocycles. The first-order valence-corrected chi connectivity index (χ1v) is 13.3. The topological polar surface area (TPSA) is 64.3 Å². The molecule has 1 aliphatic rings. The van der Waals surface area contributed by atoms with Gasteiger partial charge < -0.3 is 14.4 Å². The largest absolute Gasteiger partial charge is 0.478 e. The van der Waals surface area contributed by atoms with E-state index in [1.165, 1.54) is 30.4 Å². The van der Waals surface area contributed by atoms with E-state index < -0.39 is 5.97 Å². The van der Waals surface area contributed by atoms with Crippen LogP contribution in [-0.4, -0.2) is 20.6 Å². The average molecular weight is 503 g/mol. The van der Waals surface area contributed by atoms with Crippen molar-refractivity contribution in [3.63, 3.8) is 0 Å². The summed E-state index contributed by atoms with van der Waals surface area (Å²) < 4.78 is 8.53. The van der Waals surface area contributed by atoms with Crippen LogP contribution in [0.2, 0.25) is 0 Å². The smallest absolute Gasteiger partial charge is 0.335 e. The molecule has 0 unspecified atom stereocenters. The van der Waals surface area contributed by atoms with Crippen molar-refractivity contribution in [3.05, 3.63) is 114 Å². The van der Waals surface area contributed by atoms with Gasteiger partial charge in [-0.25, -0.2) is 9.78 Å². The Morgan fingerprint density at radius 1 is 0.816 bits per heavy atom. The molecule has 5 heteroatoms. The number of aromatic nitrogens is 2. The Labute approximate surface area is 222 Å². The van der Waals surface area contributed by atoms with Gasteiger partial charge >= 0.3 is 5.97 Å². The Balaban J connectivity index is 1.28. The summed E-state index contributed by atoms with van der Waals surface area (Å²) in [5, 5.41) is 9.48. The summed E-state index contributed by atoms with van der Waals surface area (Å²) in [6.07, 6.45) is 6.75. The zero-order valence-electron chi connectivity index (χ0n) is 21.2. The third-order valence-electron chi connectivity index (χ3n) is 7.37. The quantitative estimate of drug-likeness (QED) is 0.243. The summed E-state index contributed by atoms with van der Waals surface area (Å²) in [5.74, 6) is 1.52. The van der Waals surface area contributed by atoms with E-state index in [1.54, 1.807) is 12.1 Å². The molecular weight excluding hydrogens is 472 g/mol. The third kappa shape index (κ3) is 5.05. The number of ether oxygens (including phenoxy) is 1. The summed E-state index contributed by atoms with van der Waals surface area (Å²) in [6, 6.07) is 32.3. The molecule has 1 heterocycles. The van der Waals surface area contributed by atoms with Gasteiger partial charge in [0.1, 0.15) is 17.3 Å². The first-order valence-electron chi connectivity index (χ1n) is 13.3. The molecule has 1 aliphatic carbocycles. The number of fused-ring (bicyclic) bond motifs is 1. The minimum Gasteiger partial charge on any atom is -0.478 e. The van der Waals surface area contributed by atoms with E-state index in [0.717, 1.165) is 53.2 Å². The van der Waals surface area contributed by atoms with Crippen molar-refractivity contribution in [2.45, 2.75) is 44.6 Å². The molecule has 1 aromatic heterocycles. The number of carboxylic acid groups (broad SMARTS) is 1. The lowest BCUT2D eigenvalue weighted by atomic mass is 9.95. The number of hydrogen-bond acceptors (Lipinski definition) is 3. The van der Waals surface area contributed by atoms with Crippen LogP contribution in [0.1, 0.15) is 59.6 Å². The van der Waals surface area contributed by atoms with Crippen LogP contribution in [0.4, 0.5) is 0 Å². The minimum atomic E-state index is -0.935. The number of imidazole rings is 1. The second-order valence-electron chi connectivity index (χ2n) is 10.0. The van der Waals surface area contributed by atoms with E-state index in [-0.39, 0.29) is 5.56 Å². The Morgan fingerprint density at radius 2 is 1.58 bits per heavy atom. The van der Waals surface area contributed by atoms with E-state index in [1.807, 2.05) is 48.5 Å². The Hall–Kier alpha value is -4.38. The molecule has 190 valence electrons. The second-order valence-corrected chi connectivity index (χ2v) is 10.0. The van der Waals surface area contributed by atoms with Crippen LogP contribution in [0.15, 0.2) is 97.1 Å². The molecule has 0 spiro atoms. The summed E-state index contributed by atoms with van der Waals surface area (Å²) >= 11 is 0. The van der Waals surface area contributed by atoms with E-state index >= 15 is 0 Å². The standard InChI is InChI=1S/C33H30N2O3/c36-33(37)26-16-19-31-30(22-26)34-32(35(31)27-11-5-2-6-12-27)25-14-17-28(18-15-25)38-29-13-7-10-24(21-29)20-23-8-3-1-4-9-23/h1,3-4,7-10,13-19,21-22,27H,2,5-6,11-12,20H2,(H,36,37). The molecule has 38 heavy (non-hydrogen) atoms. The van der Waals surface area contributed by atoms with Gasteiger partial charge in [-0.15, -0.1) is 0 Å². The zero-order valence-corrected chi connectivity index (χ0v) is 21.2. The van der Waals surface area contributed by atoms with E-state index in [0.29, 0.717) is 6.04 Å². The molecule has 0 radical (unpaired) electrons. The lowest BCUT2D eigenvalue weighted by Crippen LogP contribution is -2.14. The van der Waals surface area contributed by atoms with Gasteiger partial charge in [0.15, 0.2) is 0 Å². The molecule has 0 amide bonds. The van der Waals surface area contributed by atoms with Crippen molar-refractivity contribution in [2.24, 2.45) is 0 Å². The molecule has 1 saturated carbocycles. The Bertz CT molecular complexity index is 1570. The highest BCUT2D eigenvalue weighted by atomic mass is 16.5. The van der Waals surface area contributed by atoms with E-state index in [2.05, 4.69) is 41.0 Å². The van der Waals surface area contributed by atoms with Crippen molar-refractivity contribution in [1.29, 1.82) is 0 Å². The lowest BCUT2D eigenvalue weighted by Gasteiger charge is -2.25. The average Bonchev–Trinajstić information content (AvgIpc) is 3.33. The number of carboxylic acids is 1. The van der Waals surface area contributed by atoms with Gasteiger partial charge in [-0.05, 0) is 85.0 Å². The van der Waals surface area contributed by atoms with Gasteiger partial charge in [-0.1, -0.05) is 61.7 Å². The van der Waals surface area contributed by atoms with Crippen LogP contribution in [0.3, 0.4) is 0 Å². The van der Waals surface area contributed by atoms with Crippen LogP contribution in [0.25, 0.3) is 22.4 Å². The molecule has 0 bridgehead atoms. The van der Waals surface area contributed by atoms with Crippen molar-refractivity contribution >= 4 is 17.0 Å². The van der Waals surface area contributed by atoms with Crippen LogP contribution >= 0.6 is 0 Å². The number of benzene rings is 4. The van der Waals surface area contributed by atoms with Gasteiger partial charge in [-0.3, -0.25) is 0 Å². The predicted molar refractivity (Wildman–Crippen MR) is 150 cm³/mol. The highest BCUT2D eigenvalue weighted by Crippen LogP contribution is 2.37. The van der Waals surface area contributed by atoms with Crippen LogP contribution < -0.4 is 4.74 Å². The minimum absolute atomic E-state index is 0.260. The molecular formula is C33H30N2O3. The van der Waals surface area contributed by atoms with Gasteiger partial charge in [0, 0.05) is 11.6 Å². The first kappa shape index (κ1) is 24.0. The van der Waals surface area contributed by atoms with Gasteiger partial charge in [-0.2, -0.15) is 0 Å². The van der Waals surface area contributed by atoms with Crippen molar-refractivity contribution in [3.8, 4) is 22.9 Å². The molecule has 6 rings (SSSR count). The van der Waals surface area contributed by atoms with Crippen LogP contribution in [-0.2, 0) is 6.42 Å². The monoisotopic (exact) mass is 502 g/mol. The fourth-order valence-corrected chi connectivity index (χ4v) is 5.50. The maximum Gasteiger partial charge on any atom is 0.335 e. The molecule has 5 nitrogen and oxygen atoms in total. The van der Waals surface area contributed by atoms with Crippen molar-refractivity contribution in [1.82, 2.24) is 9.55 Å². The van der Waals surface area contributed by atoms with Gasteiger partial charge in [0.2, 0.25) is 0 Å². The van der Waals surface area contributed by atoms with Crippen LogP contribution in [0, 0.1) is 0 Å². The maximum absolute atomic E-state index is 11.6. The molecule has 1 N–H and O–H groups in total. The number of rotatable bonds is 7. The third-order valence-corrected chi connectivity index (χ3v) is 7.37. The van der Waals surface area contributed by atoms with Gasteiger partial charge in [0.05, 0.1) is 16.6 Å². The number of nitrogens with zero attached hydrogens (tertiary/aromatic N) is 2. The molecule has 0 atom stereocenters. The SMILES string of the molecule is O=C(O)c1ccc2c(c1)nc(-c1ccc(Oc3cccc(Cc4ccccc4)c3)cc1)n2C1CCCCC1. The Morgan fingerprint density at radius 3 is 2.34 bits per heavy atom. The van der Waals surface area contributed by atoms with Crippen molar-refractivity contribution in [2.75, 3.05) is 0 Å². The molecule has 0 saturated heterocycles. The van der Waals surface area contributed by atoms with E-state index in [4.69, 9.17) is 9.72 Å². The fraction of sp³-hybridized carbons (Fsp3) is 0.212. The highest BCUT2D eigenvalue weighted by Gasteiger charge is 2.23. The van der Waals surface area contributed by atoms with Gasteiger partial charge in [0.25, 0.3) is 0 Å². The zero-order chi connectivity index (χ0) is 25.9. The normalized spacial score (nSPS) is 14.0. The lowest BCUT2D eigenvalue weighted by molar-refractivity contribution is 0.0697. The second kappa shape index (κ2) is 10.5. The molecule has 1 fully saturated rings. The summed E-state index contributed by atoms with van der Waals surface area (Å²) in [4.78, 5) is 16.5. The number of aromatic carboxylic acids is 1. The molecule has 5 aromatic rings. The summed E-state index contributed by atoms with van der Waals surface area (Å²) in [7, 11) is 0.